The van der Waals surface area contributed by atoms with Crippen LogP contribution < -0.4 is 15.9 Å². The van der Waals surface area contributed by atoms with Crippen molar-refractivity contribution in [2.75, 3.05) is 13.1 Å². The van der Waals surface area contributed by atoms with Crippen molar-refractivity contribution in [3.8, 4) is 5.75 Å². The second-order valence-corrected chi connectivity index (χ2v) is 8.09. The summed E-state index contributed by atoms with van der Waals surface area (Å²) < 4.78 is 43.7. The average molecular weight is 448 g/mol. The van der Waals surface area contributed by atoms with E-state index in [1.165, 1.54) is 21.3 Å². The molecule has 7 nitrogen and oxygen atoms in total. The molecule has 2 aromatic heterocycles. The van der Waals surface area contributed by atoms with Gasteiger partial charge in [0.15, 0.2) is 5.65 Å². The Hall–Kier alpha value is -3.14. The molecule has 0 aliphatic carbocycles. The third-order valence-corrected chi connectivity index (χ3v) is 5.77. The Morgan fingerprint density at radius 1 is 1.09 bits per heavy atom. The van der Waals surface area contributed by atoms with E-state index in [9.17, 15) is 22.8 Å². The summed E-state index contributed by atoms with van der Waals surface area (Å²) in [5, 5.41) is 0. The fourth-order valence-corrected chi connectivity index (χ4v) is 4.16. The summed E-state index contributed by atoms with van der Waals surface area (Å²) in [5.41, 5.74) is 1.74. The topological polar surface area (TPSA) is 69.4 Å². The van der Waals surface area contributed by atoms with Gasteiger partial charge in [-0.2, -0.15) is 0 Å². The minimum absolute atomic E-state index is 0.145. The number of hydrogen-bond acceptors (Lipinski definition) is 5. The molecular weight excluding hydrogens is 425 g/mol. The van der Waals surface area contributed by atoms with Crippen molar-refractivity contribution >= 4 is 11.2 Å². The van der Waals surface area contributed by atoms with Crippen LogP contribution in [0.1, 0.15) is 30.0 Å². The first-order chi connectivity index (χ1) is 15.1. The predicted molar refractivity (Wildman–Crippen MR) is 113 cm³/mol. The van der Waals surface area contributed by atoms with Crippen LogP contribution in [0.4, 0.5) is 13.2 Å². The minimum Gasteiger partial charge on any atom is -0.406 e. The Morgan fingerprint density at radius 2 is 1.75 bits per heavy atom. The van der Waals surface area contributed by atoms with Crippen LogP contribution >= 0.6 is 0 Å². The van der Waals surface area contributed by atoms with Crippen molar-refractivity contribution < 1.29 is 17.9 Å². The van der Waals surface area contributed by atoms with Crippen molar-refractivity contribution in [2.24, 2.45) is 7.05 Å². The van der Waals surface area contributed by atoms with E-state index in [4.69, 9.17) is 0 Å². The van der Waals surface area contributed by atoms with Gasteiger partial charge in [0.25, 0.3) is 0 Å². The molecule has 32 heavy (non-hydrogen) atoms. The fourth-order valence-electron chi connectivity index (χ4n) is 4.16. The molecule has 0 unspecified atom stereocenters. The predicted octanol–water partition coefficient (Wildman–Crippen LogP) is 3.14. The summed E-state index contributed by atoms with van der Waals surface area (Å²) >= 11 is 0. The van der Waals surface area contributed by atoms with Crippen LogP contribution in [0.2, 0.25) is 0 Å². The highest BCUT2D eigenvalue weighted by atomic mass is 19.4. The Kier molecular flexibility index (Phi) is 5.81. The molecule has 0 spiro atoms. The summed E-state index contributed by atoms with van der Waals surface area (Å²) in [6.45, 7) is 3.82. The second-order valence-electron chi connectivity index (χ2n) is 8.09. The number of nitrogens with zero attached hydrogens (tertiary/aromatic N) is 4. The molecule has 3 aromatic rings. The van der Waals surface area contributed by atoms with E-state index in [0.29, 0.717) is 43.6 Å². The Morgan fingerprint density at radius 3 is 2.38 bits per heavy atom. The molecule has 0 N–H and O–H groups in total. The van der Waals surface area contributed by atoms with Crippen LogP contribution in [0.15, 0.2) is 46.1 Å². The van der Waals surface area contributed by atoms with Crippen LogP contribution in [0.25, 0.3) is 11.2 Å². The summed E-state index contributed by atoms with van der Waals surface area (Å²) in [7, 11) is 1.57. The van der Waals surface area contributed by atoms with Crippen molar-refractivity contribution in [1.29, 1.82) is 0 Å². The molecule has 1 fully saturated rings. The first kappa shape index (κ1) is 22.1. The van der Waals surface area contributed by atoms with Crippen molar-refractivity contribution in [1.82, 2.24) is 19.0 Å². The van der Waals surface area contributed by atoms with Crippen LogP contribution in [0, 0.1) is 6.92 Å². The van der Waals surface area contributed by atoms with Gasteiger partial charge in [0.2, 0.25) is 0 Å². The lowest BCUT2D eigenvalue weighted by Gasteiger charge is -2.33. The number of rotatable bonds is 4. The number of benzene rings is 1. The van der Waals surface area contributed by atoms with Gasteiger partial charge in [0.05, 0.1) is 5.52 Å². The van der Waals surface area contributed by atoms with E-state index in [0.717, 1.165) is 11.1 Å². The highest BCUT2D eigenvalue weighted by molar-refractivity contribution is 5.71. The Labute approximate surface area is 181 Å². The summed E-state index contributed by atoms with van der Waals surface area (Å²) in [5.74, 6) is -0.250. The number of aromatic nitrogens is 3. The maximum atomic E-state index is 12.8. The summed E-state index contributed by atoms with van der Waals surface area (Å²) in [6, 6.07) is 7.52. The number of piperidine rings is 1. The van der Waals surface area contributed by atoms with Gasteiger partial charge in [0.1, 0.15) is 5.75 Å². The molecule has 1 aliphatic rings. The Bertz CT molecular complexity index is 1240. The number of ether oxygens (including phenoxy) is 1. The molecule has 3 heterocycles. The molecule has 10 heteroatoms. The standard InChI is InChI=1S/C22H23F3N4O3/c1-14-11-18-19(26-12-14)29(21(31)20(30)27(18)2)16-7-9-28(10-8-16)13-15-3-5-17(6-4-15)32-22(23,24)25/h3-6,11-12,16H,7-10,13H2,1-2H3. The molecule has 0 bridgehead atoms. The molecule has 0 atom stereocenters. The maximum Gasteiger partial charge on any atom is 0.573 e. The van der Waals surface area contributed by atoms with Crippen LogP contribution in [-0.4, -0.2) is 38.5 Å². The molecule has 1 aromatic carbocycles. The van der Waals surface area contributed by atoms with Gasteiger partial charge in [-0.15, -0.1) is 13.2 Å². The van der Waals surface area contributed by atoms with E-state index in [2.05, 4.69) is 14.6 Å². The highest BCUT2D eigenvalue weighted by Gasteiger charge is 2.31. The van der Waals surface area contributed by atoms with E-state index in [-0.39, 0.29) is 11.8 Å². The molecule has 1 aliphatic heterocycles. The zero-order valence-corrected chi connectivity index (χ0v) is 17.7. The number of pyridine rings is 1. The number of aryl methyl sites for hydroxylation is 2. The van der Waals surface area contributed by atoms with E-state index >= 15 is 0 Å². The first-order valence-electron chi connectivity index (χ1n) is 10.3. The largest absolute Gasteiger partial charge is 0.573 e. The van der Waals surface area contributed by atoms with Gasteiger partial charge in [0, 0.05) is 38.9 Å². The molecule has 0 radical (unpaired) electrons. The first-order valence-corrected chi connectivity index (χ1v) is 10.3. The third kappa shape index (κ3) is 4.55. The smallest absolute Gasteiger partial charge is 0.406 e. The lowest BCUT2D eigenvalue weighted by Crippen LogP contribution is -2.45. The number of hydrogen-bond donors (Lipinski definition) is 0. The highest BCUT2D eigenvalue weighted by Crippen LogP contribution is 2.26. The van der Waals surface area contributed by atoms with Crippen molar-refractivity contribution in [3.05, 3.63) is 68.4 Å². The van der Waals surface area contributed by atoms with Crippen molar-refractivity contribution in [2.45, 2.75) is 38.7 Å². The SMILES string of the molecule is Cc1cnc2c(c1)n(C)c(=O)c(=O)n2C1CCN(Cc2ccc(OC(F)(F)F)cc2)CC1. The van der Waals surface area contributed by atoms with Crippen LogP contribution in [-0.2, 0) is 13.6 Å². The van der Waals surface area contributed by atoms with Gasteiger partial charge in [-0.3, -0.25) is 19.1 Å². The second kappa shape index (κ2) is 8.42. The normalized spacial score (nSPS) is 15.9. The monoisotopic (exact) mass is 448 g/mol. The quantitative estimate of drug-likeness (QED) is 0.574. The fraction of sp³-hybridized carbons (Fsp3) is 0.409. The van der Waals surface area contributed by atoms with E-state index < -0.39 is 17.5 Å². The lowest BCUT2D eigenvalue weighted by atomic mass is 10.0. The molecule has 1 saturated heterocycles. The summed E-state index contributed by atoms with van der Waals surface area (Å²) in [4.78, 5) is 31.9. The number of fused-ring (bicyclic) bond motifs is 1. The van der Waals surface area contributed by atoms with Crippen molar-refractivity contribution in [3.63, 3.8) is 0 Å². The molecular formula is C22H23F3N4O3. The van der Waals surface area contributed by atoms with E-state index in [1.54, 1.807) is 25.4 Å². The minimum atomic E-state index is -4.71. The number of alkyl halides is 3. The van der Waals surface area contributed by atoms with Gasteiger partial charge in [-0.1, -0.05) is 12.1 Å². The third-order valence-electron chi connectivity index (χ3n) is 5.77. The average Bonchev–Trinajstić information content (AvgIpc) is 2.74. The van der Waals surface area contributed by atoms with Gasteiger partial charge < -0.3 is 9.30 Å². The number of halogens is 3. The lowest BCUT2D eigenvalue weighted by molar-refractivity contribution is -0.274. The zero-order valence-electron chi connectivity index (χ0n) is 17.7. The van der Waals surface area contributed by atoms with Crippen LogP contribution in [0.3, 0.4) is 0 Å². The molecule has 4 rings (SSSR count). The van der Waals surface area contributed by atoms with Gasteiger partial charge >= 0.3 is 17.5 Å². The van der Waals surface area contributed by atoms with Gasteiger partial charge in [-0.05, 0) is 49.1 Å². The molecule has 0 amide bonds. The maximum absolute atomic E-state index is 12.8. The zero-order chi connectivity index (χ0) is 23.0. The van der Waals surface area contributed by atoms with Crippen LogP contribution in [0.5, 0.6) is 5.75 Å². The molecule has 170 valence electrons. The Balaban J connectivity index is 1.48. The van der Waals surface area contributed by atoms with Gasteiger partial charge in [-0.25, -0.2) is 4.98 Å². The number of likely N-dealkylation sites (tertiary alicyclic amines) is 1. The molecule has 0 saturated carbocycles. The van der Waals surface area contributed by atoms with E-state index in [1.807, 2.05) is 13.0 Å². The summed E-state index contributed by atoms with van der Waals surface area (Å²) in [6.07, 6.45) is -1.71.